The van der Waals surface area contributed by atoms with E-state index in [0.29, 0.717) is 23.2 Å². The number of benzene rings is 1. The standard InChI is InChI=1S/C24H28N4O2S/c1-15-7-2-5-11-18(15)19-14-31-21-20(19)26-24(27-23(21)30)28-12-6-8-16(13-28)22(29)25-17-9-3-4-10-17/h2,5,7,11,14,16-17H,3-4,6,8-10,12-13H2,1H3,(H,25,29)(H,26,27,30)/t16-/m0/s1. The number of nitrogens with one attached hydrogen (secondary N) is 2. The number of amides is 1. The lowest BCUT2D eigenvalue weighted by Gasteiger charge is -2.33. The molecule has 2 N–H and O–H groups in total. The number of rotatable bonds is 4. The van der Waals surface area contributed by atoms with Gasteiger partial charge in [0.05, 0.1) is 11.4 Å². The zero-order chi connectivity index (χ0) is 21.4. The molecule has 2 aromatic heterocycles. The van der Waals surface area contributed by atoms with Crippen LogP contribution in [0.4, 0.5) is 5.95 Å². The van der Waals surface area contributed by atoms with Gasteiger partial charge in [0.25, 0.3) is 5.56 Å². The molecule has 0 unspecified atom stereocenters. The zero-order valence-corrected chi connectivity index (χ0v) is 18.6. The first-order valence-corrected chi connectivity index (χ1v) is 12.1. The Morgan fingerprint density at radius 3 is 2.77 bits per heavy atom. The number of nitrogens with zero attached hydrogens (tertiary/aromatic N) is 2. The third-order valence-corrected chi connectivity index (χ3v) is 7.61. The number of thiophene rings is 1. The second-order valence-corrected chi connectivity index (χ2v) is 9.69. The smallest absolute Gasteiger partial charge is 0.270 e. The second kappa shape index (κ2) is 8.46. The van der Waals surface area contributed by atoms with Gasteiger partial charge in [0.2, 0.25) is 11.9 Å². The van der Waals surface area contributed by atoms with Gasteiger partial charge in [-0.2, -0.15) is 0 Å². The van der Waals surface area contributed by atoms with Gasteiger partial charge in [-0.3, -0.25) is 14.6 Å². The number of carbonyl (C=O) groups excluding carboxylic acids is 1. The third kappa shape index (κ3) is 3.99. The summed E-state index contributed by atoms with van der Waals surface area (Å²) in [6.45, 7) is 3.47. The molecule has 2 fully saturated rings. The first-order valence-electron chi connectivity index (χ1n) is 11.2. The maximum absolute atomic E-state index is 12.8. The Bertz CT molecular complexity index is 1160. The first-order chi connectivity index (χ1) is 15.1. The molecule has 1 aliphatic carbocycles. The molecule has 7 heteroatoms. The fourth-order valence-electron chi connectivity index (χ4n) is 4.90. The molecule has 1 atom stereocenters. The van der Waals surface area contributed by atoms with Crippen LogP contribution in [0.25, 0.3) is 21.3 Å². The van der Waals surface area contributed by atoms with Crippen molar-refractivity contribution in [3.8, 4) is 11.1 Å². The number of aryl methyl sites for hydroxylation is 1. The Morgan fingerprint density at radius 2 is 1.97 bits per heavy atom. The lowest BCUT2D eigenvalue weighted by atomic mass is 9.97. The van der Waals surface area contributed by atoms with Crippen molar-refractivity contribution in [1.29, 1.82) is 0 Å². The van der Waals surface area contributed by atoms with Crippen LogP contribution in [-0.2, 0) is 4.79 Å². The molecule has 1 saturated heterocycles. The Morgan fingerprint density at radius 1 is 1.16 bits per heavy atom. The first kappa shape index (κ1) is 20.2. The molecule has 31 heavy (non-hydrogen) atoms. The van der Waals surface area contributed by atoms with Crippen LogP contribution in [0.5, 0.6) is 0 Å². The van der Waals surface area contributed by atoms with E-state index in [-0.39, 0.29) is 17.4 Å². The summed E-state index contributed by atoms with van der Waals surface area (Å²) in [5.74, 6) is 0.661. The van der Waals surface area contributed by atoms with E-state index in [9.17, 15) is 9.59 Å². The van der Waals surface area contributed by atoms with Gasteiger partial charge in [0, 0.05) is 30.1 Å². The zero-order valence-electron chi connectivity index (χ0n) is 17.8. The van der Waals surface area contributed by atoms with Crippen LogP contribution in [0.15, 0.2) is 34.4 Å². The van der Waals surface area contributed by atoms with E-state index in [1.165, 1.54) is 24.2 Å². The van der Waals surface area contributed by atoms with Crippen LogP contribution in [0, 0.1) is 12.8 Å². The number of aromatic amines is 1. The van der Waals surface area contributed by atoms with Gasteiger partial charge in [-0.1, -0.05) is 37.1 Å². The van der Waals surface area contributed by atoms with Crippen molar-refractivity contribution in [1.82, 2.24) is 15.3 Å². The van der Waals surface area contributed by atoms with Crippen molar-refractivity contribution in [3.05, 3.63) is 45.6 Å². The van der Waals surface area contributed by atoms with Crippen LogP contribution < -0.4 is 15.8 Å². The van der Waals surface area contributed by atoms with E-state index in [4.69, 9.17) is 4.98 Å². The number of piperidine rings is 1. The molecule has 1 aliphatic heterocycles. The number of anilines is 1. The number of carbonyl (C=O) groups is 1. The Hall–Kier alpha value is -2.67. The molecule has 0 bridgehead atoms. The minimum Gasteiger partial charge on any atom is -0.353 e. The number of hydrogen-bond acceptors (Lipinski definition) is 5. The fraction of sp³-hybridized carbons (Fsp3) is 0.458. The minimum absolute atomic E-state index is 0.0614. The predicted octanol–water partition coefficient (Wildman–Crippen LogP) is 4.24. The number of H-pyrrole nitrogens is 1. The van der Waals surface area contributed by atoms with E-state index in [2.05, 4.69) is 34.3 Å². The molecule has 3 aromatic rings. The van der Waals surface area contributed by atoms with Crippen LogP contribution in [0.1, 0.15) is 44.1 Å². The normalized spacial score (nSPS) is 19.8. The Balaban J connectivity index is 1.43. The highest BCUT2D eigenvalue weighted by atomic mass is 32.1. The maximum Gasteiger partial charge on any atom is 0.270 e. The molecule has 1 amide bonds. The summed E-state index contributed by atoms with van der Waals surface area (Å²) < 4.78 is 0.648. The number of hydrogen-bond donors (Lipinski definition) is 2. The van der Waals surface area contributed by atoms with E-state index >= 15 is 0 Å². The summed E-state index contributed by atoms with van der Waals surface area (Å²) in [4.78, 5) is 35.6. The molecule has 0 spiro atoms. The van der Waals surface area contributed by atoms with Gasteiger partial charge in [0.1, 0.15) is 4.70 Å². The number of fused-ring (bicyclic) bond motifs is 1. The van der Waals surface area contributed by atoms with Gasteiger partial charge >= 0.3 is 0 Å². The van der Waals surface area contributed by atoms with Crippen molar-refractivity contribution in [2.24, 2.45) is 5.92 Å². The highest BCUT2D eigenvalue weighted by Gasteiger charge is 2.29. The van der Waals surface area contributed by atoms with Gasteiger partial charge in [-0.25, -0.2) is 4.98 Å². The molecule has 1 saturated carbocycles. The largest absolute Gasteiger partial charge is 0.353 e. The summed E-state index contributed by atoms with van der Waals surface area (Å²) >= 11 is 1.43. The molecule has 1 aromatic carbocycles. The Kier molecular flexibility index (Phi) is 5.52. The van der Waals surface area contributed by atoms with Gasteiger partial charge in [0.15, 0.2) is 0 Å². The van der Waals surface area contributed by atoms with E-state index in [1.54, 1.807) is 0 Å². The highest BCUT2D eigenvalue weighted by Crippen LogP contribution is 2.34. The van der Waals surface area contributed by atoms with Crippen molar-refractivity contribution in [2.75, 3.05) is 18.0 Å². The summed E-state index contributed by atoms with van der Waals surface area (Å²) in [7, 11) is 0. The average molecular weight is 437 g/mol. The van der Waals surface area contributed by atoms with Gasteiger partial charge < -0.3 is 10.2 Å². The molecular weight excluding hydrogens is 408 g/mol. The molecule has 162 valence electrons. The van der Waals surface area contributed by atoms with Crippen molar-refractivity contribution >= 4 is 33.4 Å². The topological polar surface area (TPSA) is 78.1 Å². The van der Waals surface area contributed by atoms with Gasteiger partial charge in [-0.05, 0) is 43.7 Å². The van der Waals surface area contributed by atoms with Crippen LogP contribution >= 0.6 is 11.3 Å². The van der Waals surface area contributed by atoms with E-state index in [0.717, 1.165) is 54.4 Å². The molecule has 6 nitrogen and oxygen atoms in total. The Labute approximate surface area is 185 Å². The number of aromatic nitrogens is 2. The SMILES string of the molecule is Cc1ccccc1-c1csc2c(=O)[nH]c(N3CCC[C@H](C(=O)NC4CCCC4)C3)nc12. The highest BCUT2D eigenvalue weighted by molar-refractivity contribution is 7.17. The molecule has 0 radical (unpaired) electrons. The monoisotopic (exact) mass is 436 g/mol. The predicted molar refractivity (Wildman–Crippen MR) is 126 cm³/mol. The summed E-state index contributed by atoms with van der Waals surface area (Å²) in [6.07, 6.45) is 6.39. The second-order valence-electron chi connectivity index (χ2n) is 8.81. The van der Waals surface area contributed by atoms with Crippen molar-refractivity contribution < 1.29 is 4.79 Å². The summed E-state index contributed by atoms with van der Waals surface area (Å²) in [6, 6.07) is 8.51. The van der Waals surface area contributed by atoms with E-state index in [1.807, 2.05) is 17.5 Å². The van der Waals surface area contributed by atoms with E-state index < -0.39 is 0 Å². The van der Waals surface area contributed by atoms with Gasteiger partial charge in [-0.15, -0.1) is 11.3 Å². The molecular formula is C24H28N4O2S. The summed E-state index contributed by atoms with van der Waals surface area (Å²) in [5.41, 5.74) is 3.90. The molecule has 5 rings (SSSR count). The van der Waals surface area contributed by atoms with Crippen LogP contribution in [-0.4, -0.2) is 35.0 Å². The lowest BCUT2D eigenvalue weighted by Crippen LogP contribution is -2.46. The van der Waals surface area contributed by atoms with Crippen molar-refractivity contribution in [2.45, 2.75) is 51.5 Å². The average Bonchev–Trinajstić information content (AvgIpc) is 3.44. The molecule has 2 aliphatic rings. The van der Waals surface area contributed by atoms with Crippen molar-refractivity contribution in [3.63, 3.8) is 0 Å². The third-order valence-electron chi connectivity index (χ3n) is 6.64. The molecule has 3 heterocycles. The van der Waals surface area contributed by atoms with Crippen LogP contribution in [0.2, 0.25) is 0 Å². The fourth-order valence-corrected chi connectivity index (χ4v) is 5.80. The lowest BCUT2D eigenvalue weighted by molar-refractivity contribution is -0.125. The summed E-state index contributed by atoms with van der Waals surface area (Å²) in [5, 5.41) is 5.26. The van der Waals surface area contributed by atoms with Crippen LogP contribution in [0.3, 0.4) is 0 Å². The quantitative estimate of drug-likeness (QED) is 0.641. The minimum atomic E-state index is -0.109. The maximum atomic E-state index is 12.8.